The average Bonchev–Trinajstić information content (AvgIpc) is 2.69. The fourth-order valence-electron chi connectivity index (χ4n) is 2.89. The Morgan fingerprint density at radius 3 is 1.73 bits per heavy atom. The third-order valence-corrected chi connectivity index (χ3v) is 5.08. The van der Waals surface area contributed by atoms with Crippen molar-refractivity contribution in [3.8, 4) is 0 Å². The maximum absolute atomic E-state index is 13.0. The van der Waals surface area contributed by atoms with Gasteiger partial charge in [0.15, 0.2) is 5.96 Å². The van der Waals surface area contributed by atoms with Crippen molar-refractivity contribution in [2.24, 2.45) is 39.9 Å². The second kappa shape index (κ2) is 14.3. The number of nitrogens with one attached hydrogen (secondary N) is 3. The van der Waals surface area contributed by atoms with Crippen LogP contribution in [0.4, 0.5) is 0 Å². The Balaban J connectivity index is 5.55. The Hall–Kier alpha value is -2.89. The van der Waals surface area contributed by atoms with Gasteiger partial charge in [-0.25, -0.2) is 4.79 Å². The van der Waals surface area contributed by atoms with Crippen molar-refractivity contribution in [3.63, 3.8) is 0 Å². The van der Waals surface area contributed by atoms with E-state index in [1.165, 1.54) is 0 Å². The van der Waals surface area contributed by atoms with Gasteiger partial charge < -0.3 is 38.3 Å². The maximum atomic E-state index is 13.0. The maximum Gasteiger partial charge on any atom is 0.326 e. The molecular formula is C21H41N7O5. The molecule has 190 valence electrons. The minimum absolute atomic E-state index is 0.102. The molecule has 33 heavy (non-hydrogen) atoms. The molecule has 0 saturated heterocycles. The Labute approximate surface area is 195 Å². The third kappa shape index (κ3) is 11.0. The normalized spacial score (nSPS) is 14.8. The van der Waals surface area contributed by atoms with Crippen LogP contribution in [-0.2, 0) is 19.2 Å². The predicted octanol–water partition coefficient (Wildman–Crippen LogP) is -1.13. The van der Waals surface area contributed by atoms with Crippen molar-refractivity contribution in [3.05, 3.63) is 0 Å². The van der Waals surface area contributed by atoms with Crippen molar-refractivity contribution in [2.75, 3.05) is 6.54 Å². The third-order valence-electron chi connectivity index (χ3n) is 5.08. The second-order valence-electron chi connectivity index (χ2n) is 9.08. The van der Waals surface area contributed by atoms with Crippen LogP contribution in [-0.4, -0.2) is 65.5 Å². The van der Waals surface area contributed by atoms with Gasteiger partial charge in [0.1, 0.15) is 18.1 Å². The summed E-state index contributed by atoms with van der Waals surface area (Å²) in [6.07, 6.45) is 0.510. The van der Waals surface area contributed by atoms with Crippen molar-refractivity contribution in [2.45, 2.75) is 78.6 Å². The molecule has 0 aliphatic rings. The minimum atomic E-state index is -1.18. The van der Waals surface area contributed by atoms with Gasteiger partial charge in [0.2, 0.25) is 17.7 Å². The molecule has 0 fully saturated rings. The number of hydrogen-bond donors (Lipinski definition) is 7. The number of aliphatic carboxylic acids is 1. The molecule has 12 heteroatoms. The first kappa shape index (κ1) is 30.1. The topological polar surface area (TPSA) is 215 Å². The Kier molecular flexibility index (Phi) is 13.0. The second-order valence-corrected chi connectivity index (χ2v) is 9.08. The lowest BCUT2D eigenvalue weighted by molar-refractivity contribution is -0.143. The number of nitrogens with two attached hydrogens (primary N) is 3. The molecule has 0 spiro atoms. The van der Waals surface area contributed by atoms with Gasteiger partial charge in [-0.3, -0.25) is 19.4 Å². The number of guanidine groups is 1. The van der Waals surface area contributed by atoms with E-state index < -0.39 is 47.9 Å². The van der Waals surface area contributed by atoms with E-state index in [4.69, 9.17) is 17.2 Å². The summed E-state index contributed by atoms with van der Waals surface area (Å²) in [4.78, 5) is 53.6. The van der Waals surface area contributed by atoms with E-state index in [2.05, 4.69) is 20.9 Å². The summed E-state index contributed by atoms with van der Waals surface area (Å²) < 4.78 is 0. The zero-order valence-corrected chi connectivity index (χ0v) is 20.4. The van der Waals surface area contributed by atoms with Gasteiger partial charge in [0.05, 0.1) is 6.04 Å². The highest BCUT2D eigenvalue weighted by atomic mass is 16.4. The summed E-state index contributed by atoms with van der Waals surface area (Å²) in [5.41, 5.74) is 16.5. The van der Waals surface area contributed by atoms with Gasteiger partial charge >= 0.3 is 5.97 Å². The van der Waals surface area contributed by atoms with E-state index in [-0.39, 0.29) is 36.7 Å². The molecule has 3 amide bonds. The smallest absolute Gasteiger partial charge is 0.326 e. The van der Waals surface area contributed by atoms with Crippen LogP contribution in [0.1, 0.15) is 54.4 Å². The molecule has 0 aliphatic heterocycles. The monoisotopic (exact) mass is 471 g/mol. The van der Waals surface area contributed by atoms with E-state index in [0.29, 0.717) is 6.42 Å². The van der Waals surface area contributed by atoms with Crippen molar-refractivity contribution in [1.82, 2.24) is 16.0 Å². The molecule has 0 rings (SSSR count). The molecule has 0 aromatic heterocycles. The molecular weight excluding hydrogens is 430 g/mol. The lowest BCUT2D eigenvalue weighted by Gasteiger charge is -2.28. The molecule has 0 aliphatic carbocycles. The van der Waals surface area contributed by atoms with E-state index in [9.17, 15) is 24.3 Å². The van der Waals surface area contributed by atoms with E-state index in [0.717, 1.165) is 0 Å². The van der Waals surface area contributed by atoms with Gasteiger partial charge in [-0.1, -0.05) is 41.5 Å². The summed E-state index contributed by atoms with van der Waals surface area (Å²) in [6, 6.07) is -3.90. The average molecular weight is 472 g/mol. The van der Waals surface area contributed by atoms with E-state index in [1.807, 2.05) is 0 Å². The van der Waals surface area contributed by atoms with Gasteiger partial charge in [-0.15, -0.1) is 0 Å². The number of hydrogen-bond acceptors (Lipinski definition) is 6. The first-order valence-electron chi connectivity index (χ1n) is 11.1. The SMILES string of the molecule is CC(C)C(N)C(=O)NC(C(=O)NC(CCCN=C(N)N)C(=O)NC(C(=O)O)C(C)C)C(C)C. The van der Waals surface area contributed by atoms with Crippen LogP contribution >= 0.6 is 0 Å². The van der Waals surface area contributed by atoms with E-state index >= 15 is 0 Å². The highest BCUT2D eigenvalue weighted by molar-refractivity contribution is 5.94. The molecule has 0 aromatic carbocycles. The van der Waals surface area contributed by atoms with Gasteiger partial charge in [0.25, 0.3) is 0 Å². The highest BCUT2D eigenvalue weighted by Crippen LogP contribution is 2.08. The lowest BCUT2D eigenvalue weighted by atomic mass is 9.99. The minimum Gasteiger partial charge on any atom is -0.480 e. The molecule has 10 N–H and O–H groups in total. The number of nitrogens with zero attached hydrogens (tertiary/aromatic N) is 1. The van der Waals surface area contributed by atoms with Crippen LogP contribution in [0.15, 0.2) is 4.99 Å². The van der Waals surface area contributed by atoms with E-state index in [1.54, 1.807) is 41.5 Å². The molecule has 0 bridgehead atoms. The quantitative estimate of drug-likeness (QED) is 0.0932. The first-order chi connectivity index (χ1) is 15.2. The van der Waals surface area contributed by atoms with Crippen LogP contribution in [0.2, 0.25) is 0 Å². The predicted molar refractivity (Wildman–Crippen MR) is 126 cm³/mol. The van der Waals surface area contributed by atoms with Crippen molar-refractivity contribution in [1.29, 1.82) is 0 Å². The van der Waals surface area contributed by atoms with Crippen molar-refractivity contribution < 1.29 is 24.3 Å². The summed E-state index contributed by atoms with van der Waals surface area (Å²) >= 11 is 0. The summed E-state index contributed by atoms with van der Waals surface area (Å²) in [5.74, 6) is -3.77. The molecule has 0 aromatic rings. The van der Waals surface area contributed by atoms with Crippen LogP contribution < -0.4 is 33.2 Å². The molecule has 0 saturated carbocycles. The number of carboxylic acid groups (broad SMARTS) is 1. The van der Waals surface area contributed by atoms with Crippen molar-refractivity contribution >= 4 is 29.7 Å². The van der Waals surface area contributed by atoms with Crippen LogP contribution in [0.5, 0.6) is 0 Å². The molecule has 4 unspecified atom stereocenters. The van der Waals surface area contributed by atoms with Crippen LogP contribution in [0.3, 0.4) is 0 Å². The van der Waals surface area contributed by atoms with Crippen LogP contribution in [0.25, 0.3) is 0 Å². The number of carbonyl (C=O) groups excluding carboxylic acids is 3. The number of rotatable bonds is 14. The highest BCUT2D eigenvalue weighted by Gasteiger charge is 2.32. The summed E-state index contributed by atoms with van der Waals surface area (Å²) in [5, 5.41) is 17.1. The number of aliphatic imine (C=N–C) groups is 1. The Bertz CT molecular complexity index is 705. The standard InChI is InChI=1S/C21H41N7O5/c1-10(2)14(22)18(30)27-15(11(3)4)19(31)26-13(8-7-9-25-21(23)24)17(29)28-16(12(5)6)20(32)33/h10-16H,7-9,22H2,1-6H3,(H,26,31)(H,27,30)(H,28,29)(H,32,33)(H4,23,24,25). The van der Waals surface area contributed by atoms with Gasteiger partial charge in [-0.2, -0.15) is 0 Å². The first-order valence-corrected chi connectivity index (χ1v) is 11.1. The number of carbonyl (C=O) groups is 4. The van der Waals surface area contributed by atoms with Gasteiger partial charge in [0, 0.05) is 6.54 Å². The Morgan fingerprint density at radius 2 is 1.30 bits per heavy atom. The fourth-order valence-corrected chi connectivity index (χ4v) is 2.89. The molecule has 0 heterocycles. The number of carboxylic acids is 1. The number of amides is 3. The Morgan fingerprint density at radius 1 is 0.788 bits per heavy atom. The molecule has 4 atom stereocenters. The summed E-state index contributed by atoms with van der Waals surface area (Å²) in [7, 11) is 0. The molecule has 12 nitrogen and oxygen atoms in total. The largest absolute Gasteiger partial charge is 0.480 e. The lowest BCUT2D eigenvalue weighted by Crippen LogP contribution is -2.59. The molecule has 0 radical (unpaired) electrons. The van der Waals surface area contributed by atoms with Gasteiger partial charge in [-0.05, 0) is 30.6 Å². The fraction of sp³-hybridized carbons (Fsp3) is 0.762. The zero-order chi connectivity index (χ0) is 25.9. The zero-order valence-electron chi connectivity index (χ0n) is 20.4. The van der Waals surface area contributed by atoms with Crippen LogP contribution in [0, 0.1) is 17.8 Å². The summed E-state index contributed by atoms with van der Waals surface area (Å²) in [6.45, 7) is 10.6.